The SMILES string of the molecule is Cc1cc([C@H](C)c2ccccc2C(=O)O)c2ccccc2c1. The average molecular weight is 290 g/mol. The van der Waals surface area contributed by atoms with Gasteiger partial charge in [-0.3, -0.25) is 0 Å². The molecular weight excluding hydrogens is 272 g/mol. The van der Waals surface area contributed by atoms with Crippen LogP contribution in [0.5, 0.6) is 0 Å². The maximum absolute atomic E-state index is 11.5. The van der Waals surface area contributed by atoms with Crippen LogP contribution in [-0.4, -0.2) is 11.1 Å². The highest BCUT2D eigenvalue weighted by Crippen LogP contribution is 2.33. The van der Waals surface area contributed by atoms with Crippen LogP contribution in [0, 0.1) is 6.92 Å². The monoisotopic (exact) mass is 290 g/mol. The molecule has 0 radical (unpaired) electrons. The first-order chi connectivity index (χ1) is 10.6. The molecule has 3 aromatic rings. The number of hydrogen-bond donors (Lipinski definition) is 1. The molecule has 0 aliphatic rings. The van der Waals surface area contributed by atoms with Crippen molar-refractivity contribution in [1.29, 1.82) is 0 Å². The third-order valence-corrected chi connectivity index (χ3v) is 4.16. The van der Waals surface area contributed by atoms with E-state index in [4.69, 9.17) is 0 Å². The van der Waals surface area contributed by atoms with E-state index in [0.29, 0.717) is 5.56 Å². The molecule has 3 rings (SSSR count). The molecule has 1 atom stereocenters. The van der Waals surface area contributed by atoms with Crippen LogP contribution in [0.3, 0.4) is 0 Å². The molecule has 22 heavy (non-hydrogen) atoms. The van der Waals surface area contributed by atoms with Crippen LogP contribution in [0.2, 0.25) is 0 Å². The van der Waals surface area contributed by atoms with Crippen molar-refractivity contribution in [1.82, 2.24) is 0 Å². The number of rotatable bonds is 3. The summed E-state index contributed by atoms with van der Waals surface area (Å²) in [5.41, 5.74) is 3.59. The van der Waals surface area contributed by atoms with Gasteiger partial charge in [-0.1, -0.05) is 67.1 Å². The van der Waals surface area contributed by atoms with Gasteiger partial charge < -0.3 is 5.11 Å². The highest BCUT2D eigenvalue weighted by molar-refractivity contribution is 5.91. The van der Waals surface area contributed by atoms with Crippen LogP contribution in [0.15, 0.2) is 60.7 Å². The molecule has 110 valence electrons. The molecular formula is C20H18O2. The lowest BCUT2D eigenvalue weighted by atomic mass is 9.86. The number of aromatic carboxylic acids is 1. The molecule has 0 heterocycles. The van der Waals surface area contributed by atoms with Crippen molar-refractivity contribution in [2.45, 2.75) is 19.8 Å². The predicted molar refractivity (Wildman–Crippen MR) is 89.6 cm³/mol. The smallest absolute Gasteiger partial charge is 0.335 e. The zero-order valence-corrected chi connectivity index (χ0v) is 12.7. The number of benzene rings is 3. The summed E-state index contributed by atoms with van der Waals surface area (Å²) in [6.07, 6.45) is 0. The van der Waals surface area contributed by atoms with Crippen LogP contribution in [0.25, 0.3) is 10.8 Å². The Balaban J connectivity index is 2.22. The fourth-order valence-corrected chi connectivity index (χ4v) is 3.09. The van der Waals surface area contributed by atoms with Gasteiger partial charge in [0.1, 0.15) is 0 Å². The number of carbonyl (C=O) groups is 1. The van der Waals surface area contributed by atoms with Crippen LogP contribution < -0.4 is 0 Å². The fraction of sp³-hybridized carbons (Fsp3) is 0.150. The number of fused-ring (bicyclic) bond motifs is 1. The number of carboxylic acids is 1. The second-order valence-electron chi connectivity index (χ2n) is 5.69. The van der Waals surface area contributed by atoms with E-state index in [9.17, 15) is 9.90 Å². The summed E-state index contributed by atoms with van der Waals surface area (Å²) in [5.74, 6) is -0.850. The van der Waals surface area contributed by atoms with Crippen molar-refractivity contribution < 1.29 is 9.90 Å². The maximum atomic E-state index is 11.5. The van der Waals surface area contributed by atoms with Gasteiger partial charge in [0.2, 0.25) is 0 Å². The van der Waals surface area contributed by atoms with Crippen LogP contribution in [-0.2, 0) is 0 Å². The van der Waals surface area contributed by atoms with Gasteiger partial charge in [-0.05, 0) is 34.9 Å². The number of hydrogen-bond acceptors (Lipinski definition) is 1. The Hall–Kier alpha value is -2.61. The van der Waals surface area contributed by atoms with Gasteiger partial charge in [0.05, 0.1) is 5.56 Å². The van der Waals surface area contributed by atoms with E-state index in [1.165, 1.54) is 21.9 Å². The zero-order chi connectivity index (χ0) is 15.7. The van der Waals surface area contributed by atoms with Gasteiger partial charge >= 0.3 is 5.97 Å². The van der Waals surface area contributed by atoms with E-state index in [0.717, 1.165) is 5.56 Å². The summed E-state index contributed by atoms with van der Waals surface area (Å²) in [6.45, 7) is 4.15. The quantitative estimate of drug-likeness (QED) is 0.737. The van der Waals surface area contributed by atoms with Crippen molar-refractivity contribution in [3.63, 3.8) is 0 Å². The minimum absolute atomic E-state index is 0.0251. The van der Waals surface area contributed by atoms with E-state index in [1.54, 1.807) is 12.1 Å². The van der Waals surface area contributed by atoms with Gasteiger partial charge in [0.25, 0.3) is 0 Å². The predicted octanol–water partition coefficient (Wildman–Crippen LogP) is 5.00. The second-order valence-corrected chi connectivity index (χ2v) is 5.69. The van der Waals surface area contributed by atoms with Gasteiger partial charge in [-0.2, -0.15) is 0 Å². The molecule has 1 N–H and O–H groups in total. The number of carboxylic acid groups (broad SMARTS) is 1. The van der Waals surface area contributed by atoms with Crippen molar-refractivity contribution in [3.05, 3.63) is 82.9 Å². The third kappa shape index (κ3) is 2.48. The summed E-state index contributed by atoms with van der Waals surface area (Å²) in [5, 5.41) is 11.8. The summed E-state index contributed by atoms with van der Waals surface area (Å²) >= 11 is 0. The lowest BCUT2D eigenvalue weighted by molar-refractivity contribution is 0.0695. The van der Waals surface area contributed by atoms with E-state index in [1.807, 2.05) is 24.3 Å². The van der Waals surface area contributed by atoms with Crippen LogP contribution >= 0.6 is 0 Å². The summed E-state index contributed by atoms with van der Waals surface area (Å²) in [6, 6.07) is 19.8. The van der Waals surface area contributed by atoms with Crippen molar-refractivity contribution in [3.8, 4) is 0 Å². The van der Waals surface area contributed by atoms with Crippen molar-refractivity contribution in [2.24, 2.45) is 0 Å². The summed E-state index contributed by atoms with van der Waals surface area (Å²) in [4.78, 5) is 11.5. The topological polar surface area (TPSA) is 37.3 Å². The minimum atomic E-state index is -0.876. The molecule has 0 unspecified atom stereocenters. The summed E-state index contributed by atoms with van der Waals surface area (Å²) in [7, 11) is 0. The Morgan fingerprint density at radius 1 is 0.955 bits per heavy atom. The molecule has 0 amide bonds. The molecule has 0 aliphatic carbocycles. The molecule has 2 nitrogen and oxygen atoms in total. The first kappa shape index (κ1) is 14.3. The van der Waals surface area contributed by atoms with E-state index < -0.39 is 5.97 Å². The molecule has 0 spiro atoms. The lowest BCUT2D eigenvalue weighted by Crippen LogP contribution is -2.07. The Bertz CT molecular complexity index is 849. The van der Waals surface area contributed by atoms with Gasteiger partial charge in [0, 0.05) is 5.92 Å². The molecule has 0 fully saturated rings. The first-order valence-corrected chi connectivity index (χ1v) is 7.39. The lowest BCUT2D eigenvalue weighted by Gasteiger charge is -2.18. The maximum Gasteiger partial charge on any atom is 0.335 e. The van der Waals surface area contributed by atoms with E-state index >= 15 is 0 Å². The Labute approximate surface area is 130 Å². The molecule has 0 saturated heterocycles. The highest BCUT2D eigenvalue weighted by Gasteiger charge is 2.18. The summed E-state index contributed by atoms with van der Waals surface area (Å²) < 4.78 is 0. The van der Waals surface area contributed by atoms with Gasteiger partial charge in [-0.15, -0.1) is 0 Å². The van der Waals surface area contributed by atoms with Crippen molar-refractivity contribution in [2.75, 3.05) is 0 Å². The molecule has 0 aliphatic heterocycles. The van der Waals surface area contributed by atoms with Gasteiger partial charge in [0.15, 0.2) is 0 Å². The molecule has 2 heteroatoms. The Morgan fingerprint density at radius 2 is 1.64 bits per heavy atom. The number of aryl methyl sites for hydroxylation is 1. The minimum Gasteiger partial charge on any atom is -0.478 e. The first-order valence-electron chi connectivity index (χ1n) is 7.39. The fourth-order valence-electron chi connectivity index (χ4n) is 3.09. The van der Waals surface area contributed by atoms with E-state index in [-0.39, 0.29) is 5.92 Å². The Kier molecular flexibility index (Phi) is 3.68. The molecule has 0 saturated carbocycles. The van der Waals surface area contributed by atoms with E-state index in [2.05, 4.69) is 38.1 Å². The second kappa shape index (κ2) is 5.64. The van der Waals surface area contributed by atoms with Crippen molar-refractivity contribution >= 4 is 16.7 Å². The Morgan fingerprint density at radius 3 is 2.41 bits per heavy atom. The van der Waals surface area contributed by atoms with Crippen LogP contribution in [0.1, 0.15) is 39.9 Å². The molecule has 0 bridgehead atoms. The molecule has 0 aromatic heterocycles. The highest BCUT2D eigenvalue weighted by atomic mass is 16.4. The normalized spacial score (nSPS) is 12.3. The average Bonchev–Trinajstić information content (AvgIpc) is 2.53. The van der Waals surface area contributed by atoms with Crippen LogP contribution in [0.4, 0.5) is 0 Å². The molecule has 3 aromatic carbocycles. The van der Waals surface area contributed by atoms with Gasteiger partial charge in [-0.25, -0.2) is 4.79 Å². The zero-order valence-electron chi connectivity index (χ0n) is 12.7. The third-order valence-electron chi connectivity index (χ3n) is 4.16. The standard InChI is InChI=1S/C20H18O2/c1-13-11-15-7-3-4-9-17(15)19(12-13)14(2)16-8-5-6-10-18(16)20(21)22/h3-12,14H,1-2H3,(H,21,22)/t14-/m1/s1. The largest absolute Gasteiger partial charge is 0.478 e.